The summed E-state index contributed by atoms with van der Waals surface area (Å²) in [5.41, 5.74) is 0.564. The second-order valence-corrected chi connectivity index (χ2v) is 6.80. The van der Waals surface area contributed by atoms with Gasteiger partial charge in [-0.25, -0.2) is 0 Å². The Balaban J connectivity index is 2.86. The highest BCUT2D eigenvalue weighted by atomic mass is 79.9. The maximum Gasteiger partial charge on any atom is 0.254 e. The molecule has 0 N–H and O–H groups in total. The van der Waals surface area contributed by atoms with E-state index in [4.69, 9.17) is 0 Å². The van der Waals surface area contributed by atoms with Crippen molar-refractivity contribution in [1.29, 1.82) is 0 Å². The number of thiophene rings is 1. The van der Waals surface area contributed by atoms with Crippen molar-refractivity contribution in [2.45, 2.75) is 19.4 Å². The van der Waals surface area contributed by atoms with Gasteiger partial charge in [0.1, 0.15) is 0 Å². The molecule has 0 aromatic carbocycles. The maximum absolute atomic E-state index is 12.1. The molecule has 0 saturated heterocycles. The zero-order valence-electron chi connectivity index (χ0n) is 8.88. The molecule has 0 bridgehead atoms. The minimum absolute atomic E-state index is 0.0569. The van der Waals surface area contributed by atoms with Gasteiger partial charge >= 0.3 is 0 Å². The minimum atomic E-state index is -0.175. The predicted octanol–water partition coefficient (Wildman–Crippen LogP) is 3.76. The molecule has 0 aliphatic heterocycles. The molecule has 0 unspecified atom stereocenters. The van der Waals surface area contributed by atoms with Gasteiger partial charge in [-0.2, -0.15) is 0 Å². The lowest BCUT2D eigenvalue weighted by Gasteiger charge is -2.33. The van der Waals surface area contributed by atoms with Crippen LogP contribution in [0.4, 0.5) is 0 Å². The van der Waals surface area contributed by atoms with E-state index in [1.165, 1.54) is 11.3 Å². The summed E-state index contributed by atoms with van der Waals surface area (Å²) in [5.74, 6) is 0.0569. The number of nitrogens with zero attached hydrogens (tertiary/aromatic N) is 1. The highest BCUT2D eigenvalue weighted by Crippen LogP contribution is 2.24. The number of alkyl halides is 1. The molecular weight excluding hydrogens is 342 g/mol. The SMILES string of the molecule is CN(C(=O)c1csc(Br)c1)C(C)(C)CBr. The van der Waals surface area contributed by atoms with Gasteiger partial charge in [0, 0.05) is 23.3 Å². The first-order chi connectivity index (χ1) is 6.88. The van der Waals surface area contributed by atoms with Crippen LogP contribution in [0.3, 0.4) is 0 Å². The van der Waals surface area contributed by atoms with Gasteiger partial charge in [0.05, 0.1) is 9.35 Å². The van der Waals surface area contributed by atoms with E-state index >= 15 is 0 Å². The van der Waals surface area contributed by atoms with E-state index in [1.54, 1.807) is 4.90 Å². The first-order valence-electron chi connectivity index (χ1n) is 4.46. The summed E-state index contributed by atoms with van der Waals surface area (Å²) in [4.78, 5) is 13.8. The van der Waals surface area contributed by atoms with Gasteiger partial charge in [-0.05, 0) is 35.8 Å². The third-order valence-corrected chi connectivity index (χ3v) is 5.23. The van der Waals surface area contributed by atoms with Crippen LogP contribution in [-0.4, -0.2) is 28.7 Å². The van der Waals surface area contributed by atoms with Crippen molar-refractivity contribution in [2.75, 3.05) is 12.4 Å². The van der Waals surface area contributed by atoms with Gasteiger partial charge in [0.25, 0.3) is 5.91 Å². The van der Waals surface area contributed by atoms with Gasteiger partial charge in [-0.1, -0.05) is 15.9 Å². The second kappa shape index (κ2) is 4.97. The quantitative estimate of drug-likeness (QED) is 0.757. The van der Waals surface area contributed by atoms with Crippen molar-refractivity contribution in [2.24, 2.45) is 0 Å². The highest BCUT2D eigenvalue weighted by Gasteiger charge is 2.27. The summed E-state index contributed by atoms with van der Waals surface area (Å²) in [5, 5.41) is 2.63. The highest BCUT2D eigenvalue weighted by molar-refractivity contribution is 9.11. The van der Waals surface area contributed by atoms with Crippen molar-refractivity contribution in [3.8, 4) is 0 Å². The normalized spacial score (nSPS) is 11.5. The van der Waals surface area contributed by atoms with Crippen molar-refractivity contribution >= 4 is 49.1 Å². The average molecular weight is 355 g/mol. The Morgan fingerprint density at radius 3 is 2.60 bits per heavy atom. The van der Waals surface area contributed by atoms with E-state index < -0.39 is 0 Å². The van der Waals surface area contributed by atoms with Gasteiger partial charge in [0.15, 0.2) is 0 Å². The molecule has 15 heavy (non-hydrogen) atoms. The standard InChI is InChI=1S/C10H13Br2NOS/c1-10(2,6-11)13(3)9(14)7-4-8(12)15-5-7/h4-5H,6H2,1-3H3. The molecule has 0 spiro atoms. The molecule has 5 heteroatoms. The summed E-state index contributed by atoms with van der Waals surface area (Å²) >= 11 is 8.30. The summed E-state index contributed by atoms with van der Waals surface area (Å²) in [6.07, 6.45) is 0. The molecule has 0 fully saturated rings. The van der Waals surface area contributed by atoms with Crippen LogP contribution in [0.2, 0.25) is 0 Å². The lowest BCUT2D eigenvalue weighted by molar-refractivity contribution is 0.0664. The predicted molar refractivity (Wildman–Crippen MR) is 72.0 cm³/mol. The van der Waals surface area contributed by atoms with Crippen molar-refractivity contribution < 1.29 is 4.79 Å². The third-order valence-electron chi connectivity index (χ3n) is 2.35. The van der Waals surface area contributed by atoms with Gasteiger partial charge in [-0.15, -0.1) is 11.3 Å². The number of carbonyl (C=O) groups is 1. The molecule has 2 nitrogen and oxygen atoms in total. The third kappa shape index (κ3) is 3.04. The topological polar surface area (TPSA) is 20.3 Å². The largest absolute Gasteiger partial charge is 0.336 e. The number of hydrogen-bond donors (Lipinski definition) is 0. The number of hydrogen-bond acceptors (Lipinski definition) is 2. The number of halogens is 2. The summed E-state index contributed by atoms with van der Waals surface area (Å²) < 4.78 is 0.982. The molecule has 1 amide bonds. The zero-order valence-corrected chi connectivity index (χ0v) is 12.9. The fourth-order valence-corrected chi connectivity index (χ4v) is 2.49. The number of carbonyl (C=O) groups excluding carboxylic acids is 1. The van der Waals surface area contributed by atoms with Crippen LogP contribution < -0.4 is 0 Å². The van der Waals surface area contributed by atoms with Crippen molar-refractivity contribution in [1.82, 2.24) is 4.90 Å². The molecule has 1 aromatic rings. The molecule has 0 aliphatic carbocycles. The van der Waals surface area contributed by atoms with Crippen LogP contribution in [0.5, 0.6) is 0 Å². The van der Waals surface area contributed by atoms with Gasteiger partial charge in [-0.3, -0.25) is 4.79 Å². The molecular formula is C10H13Br2NOS. The minimum Gasteiger partial charge on any atom is -0.336 e. The molecule has 0 saturated carbocycles. The Labute approximate surface area is 111 Å². The molecule has 1 rings (SSSR count). The molecule has 1 aromatic heterocycles. The van der Waals surface area contributed by atoms with Gasteiger partial charge in [0.2, 0.25) is 0 Å². The lowest BCUT2D eigenvalue weighted by atomic mass is 10.1. The molecule has 0 atom stereocenters. The van der Waals surface area contributed by atoms with Crippen LogP contribution in [0.25, 0.3) is 0 Å². The Morgan fingerprint density at radius 2 is 2.20 bits per heavy atom. The fourth-order valence-electron chi connectivity index (χ4n) is 0.980. The Bertz CT molecular complexity index is 362. The van der Waals surface area contributed by atoms with Gasteiger partial charge < -0.3 is 4.90 Å². The number of amides is 1. The van der Waals surface area contributed by atoms with Crippen LogP contribution in [0, 0.1) is 0 Å². The van der Waals surface area contributed by atoms with Crippen molar-refractivity contribution in [3.05, 3.63) is 20.8 Å². The monoisotopic (exact) mass is 353 g/mol. The van der Waals surface area contributed by atoms with E-state index in [1.807, 2.05) is 32.3 Å². The Morgan fingerprint density at radius 1 is 1.60 bits per heavy atom. The van der Waals surface area contributed by atoms with E-state index in [9.17, 15) is 4.79 Å². The van der Waals surface area contributed by atoms with Crippen LogP contribution in [-0.2, 0) is 0 Å². The smallest absolute Gasteiger partial charge is 0.254 e. The average Bonchev–Trinajstić information content (AvgIpc) is 2.62. The Hall–Kier alpha value is 0.130. The molecule has 0 aliphatic rings. The molecule has 84 valence electrons. The first-order valence-corrected chi connectivity index (χ1v) is 7.26. The van der Waals surface area contributed by atoms with Crippen LogP contribution in [0.15, 0.2) is 15.2 Å². The van der Waals surface area contributed by atoms with Crippen molar-refractivity contribution in [3.63, 3.8) is 0 Å². The molecule has 1 heterocycles. The first kappa shape index (κ1) is 13.2. The fraction of sp³-hybridized carbons (Fsp3) is 0.500. The number of rotatable bonds is 3. The van der Waals surface area contributed by atoms with Crippen LogP contribution >= 0.6 is 43.2 Å². The second-order valence-electron chi connectivity index (χ2n) is 3.95. The summed E-state index contributed by atoms with van der Waals surface area (Å²) in [7, 11) is 1.83. The summed E-state index contributed by atoms with van der Waals surface area (Å²) in [6, 6.07) is 1.85. The molecule has 0 radical (unpaired) electrons. The Kier molecular flexibility index (Phi) is 4.38. The van der Waals surface area contributed by atoms with Crippen LogP contribution in [0.1, 0.15) is 24.2 Å². The maximum atomic E-state index is 12.1. The lowest BCUT2D eigenvalue weighted by Crippen LogP contribution is -2.46. The van der Waals surface area contributed by atoms with E-state index in [0.29, 0.717) is 0 Å². The zero-order chi connectivity index (χ0) is 11.6. The van der Waals surface area contributed by atoms with E-state index in [0.717, 1.165) is 14.7 Å². The van der Waals surface area contributed by atoms with E-state index in [2.05, 4.69) is 31.9 Å². The summed E-state index contributed by atoms with van der Waals surface area (Å²) in [6.45, 7) is 4.06. The van der Waals surface area contributed by atoms with E-state index in [-0.39, 0.29) is 11.4 Å².